The number of phenolic OH excluding ortho intramolecular Hbond substituents is 1. The summed E-state index contributed by atoms with van der Waals surface area (Å²) in [6.45, 7) is 0.790. The fraction of sp³-hybridized carbons (Fsp3) is 0.0556. The fourth-order valence-corrected chi connectivity index (χ4v) is 4.27. The van der Waals surface area contributed by atoms with Crippen LogP contribution < -0.4 is 10.0 Å². The standard InChI is InChI=1S/C18H11Cl2F4N3O3S/c1-7-14(21)15(22)16(23)17(24)18(7)31(29,30)27-9-2-8(5-25-6-9)26-12-3-10(19)11(20)4-13(12)28/h2-6,26-28H,1H3. The average molecular weight is 496 g/mol. The van der Waals surface area contributed by atoms with Crippen molar-refractivity contribution in [2.75, 3.05) is 10.0 Å². The third-order valence-electron chi connectivity index (χ3n) is 4.02. The molecule has 13 heteroatoms. The molecule has 3 N–H and O–H groups in total. The van der Waals surface area contributed by atoms with Gasteiger partial charge in [0, 0.05) is 11.6 Å². The lowest BCUT2D eigenvalue weighted by molar-refractivity contribution is 0.392. The van der Waals surface area contributed by atoms with Gasteiger partial charge in [-0.3, -0.25) is 9.71 Å². The second-order valence-electron chi connectivity index (χ2n) is 6.19. The molecule has 0 spiro atoms. The van der Waals surface area contributed by atoms with Crippen molar-refractivity contribution in [1.82, 2.24) is 4.98 Å². The number of aromatic hydroxyl groups is 1. The van der Waals surface area contributed by atoms with Gasteiger partial charge in [0.25, 0.3) is 10.0 Å². The number of rotatable bonds is 5. The molecular formula is C18H11Cl2F4N3O3S. The predicted molar refractivity (Wildman–Crippen MR) is 107 cm³/mol. The van der Waals surface area contributed by atoms with Crippen molar-refractivity contribution < 1.29 is 31.1 Å². The van der Waals surface area contributed by atoms with Gasteiger partial charge in [0.1, 0.15) is 10.6 Å². The Kier molecular flexibility index (Phi) is 6.21. The molecule has 164 valence electrons. The zero-order valence-electron chi connectivity index (χ0n) is 15.3. The second-order valence-corrected chi connectivity index (χ2v) is 8.62. The minimum Gasteiger partial charge on any atom is -0.506 e. The summed E-state index contributed by atoms with van der Waals surface area (Å²) in [6.07, 6.45) is 2.28. The molecule has 0 radical (unpaired) electrons. The smallest absolute Gasteiger partial charge is 0.265 e. The molecule has 0 fully saturated rings. The highest BCUT2D eigenvalue weighted by atomic mass is 35.5. The lowest BCUT2D eigenvalue weighted by Crippen LogP contribution is -2.19. The van der Waals surface area contributed by atoms with Crippen LogP contribution in [0.1, 0.15) is 5.56 Å². The molecule has 3 rings (SSSR count). The number of hydrogen-bond acceptors (Lipinski definition) is 5. The number of sulfonamides is 1. The normalized spacial score (nSPS) is 11.5. The minimum absolute atomic E-state index is 0.0977. The van der Waals surface area contributed by atoms with Crippen molar-refractivity contribution in [2.24, 2.45) is 0 Å². The maximum atomic E-state index is 14.1. The van der Waals surface area contributed by atoms with Crippen LogP contribution in [0, 0.1) is 30.2 Å². The first-order valence-corrected chi connectivity index (χ1v) is 10.4. The first-order valence-electron chi connectivity index (χ1n) is 8.17. The molecule has 3 aromatic rings. The van der Waals surface area contributed by atoms with Gasteiger partial charge in [-0.05, 0) is 19.1 Å². The van der Waals surface area contributed by atoms with E-state index >= 15 is 0 Å². The van der Waals surface area contributed by atoms with Crippen molar-refractivity contribution in [3.63, 3.8) is 0 Å². The van der Waals surface area contributed by atoms with E-state index in [2.05, 4.69) is 10.3 Å². The van der Waals surface area contributed by atoms with E-state index in [0.29, 0.717) is 0 Å². The van der Waals surface area contributed by atoms with Crippen molar-refractivity contribution >= 4 is 50.3 Å². The zero-order valence-corrected chi connectivity index (χ0v) is 17.6. The monoisotopic (exact) mass is 495 g/mol. The van der Waals surface area contributed by atoms with Crippen LogP contribution in [-0.2, 0) is 10.0 Å². The van der Waals surface area contributed by atoms with Crippen LogP contribution in [0.25, 0.3) is 0 Å². The van der Waals surface area contributed by atoms with E-state index in [1.807, 2.05) is 4.72 Å². The van der Waals surface area contributed by atoms with E-state index in [1.54, 1.807) is 0 Å². The highest BCUT2D eigenvalue weighted by Gasteiger charge is 2.31. The van der Waals surface area contributed by atoms with E-state index in [9.17, 15) is 31.1 Å². The largest absolute Gasteiger partial charge is 0.506 e. The number of anilines is 3. The average Bonchev–Trinajstić information content (AvgIpc) is 2.69. The van der Waals surface area contributed by atoms with Crippen molar-refractivity contribution in [3.8, 4) is 5.75 Å². The third-order valence-corrected chi connectivity index (χ3v) is 6.27. The fourth-order valence-electron chi connectivity index (χ4n) is 2.60. The van der Waals surface area contributed by atoms with Crippen LogP contribution >= 0.6 is 23.2 Å². The molecule has 0 aliphatic rings. The van der Waals surface area contributed by atoms with Crippen LogP contribution in [0.2, 0.25) is 10.0 Å². The highest BCUT2D eigenvalue weighted by Crippen LogP contribution is 2.35. The maximum Gasteiger partial charge on any atom is 0.265 e. The van der Waals surface area contributed by atoms with Crippen LogP contribution in [0.4, 0.5) is 34.6 Å². The van der Waals surface area contributed by atoms with E-state index < -0.39 is 43.8 Å². The summed E-state index contributed by atoms with van der Waals surface area (Å²) in [5.41, 5.74) is -0.899. The van der Waals surface area contributed by atoms with Crippen LogP contribution in [-0.4, -0.2) is 18.5 Å². The van der Waals surface area contributed by atoms with Crippen LogP contribution in [0.3, 0.4) is 0 Å². The summed E-state index contributed by atoms with van der Waals surface area (Å²) in [4.78, 5) is 2.41. The Labute approximate surface area is 183 Å². The molecule has 0 saturated heterocycles. The summed E-state index contributed by atoms with van der Waals surface area (Å²) in [6, 6.07) is 3.67. The Morgan fingerprint density at radius 3 is 2.16 bits per heavy atom. The predicted octanol–water partition coefficient (Wildman–Crippen LogP) is 5.50. The van der Waals surface area contributed by atoms with Gasteiger partial charge >= 0.3 is 0 Å². The van der Waals surface area contributed by atoms with Gasteiger partial charge in [-0.1, -0.05) is 23.2 Å². The first kappa shape index (κ1) is 22.9. The molecule has 31 heavy (non-hydrogen) atoms. The van der Waals surface area contributed by atoms with Gasteiger partial charge in [0.15, 0.2) is 23.3 Å². The molecular weight excluding hydrogens is 485 g/mol. The van der Waals surface area contributed by atoms with E-state index in [-0.39, 0.29) is 32.9 Å². The van der Waals surface area contributed by atoms with Crippen molar-refractivity contribution in [1.29, 1.82) is 0 Å². The molecule has 0 aliphatic heterocycles. The Bertz CT molecular complexity index is 1280. The highest BCUT2D eigenvalue weighted by molar-refractivity contribution is 7.92. The van der Waals surface area contributed by atoms with Gasteiger partial charge in [0.2, 0.25) is 0 Å². The van der Waals surface area contributed by atoms with Gasteiger partial charge in [-0.25, -0.2) is 26.0 Å². The number of phenols is 1. The molecule has 0 bridgehead atoms. The van der Waals surface area contributed by atoms with Crippen molar-refractivity contribution in [3.05, 3.63) is 69.5 Å². The number of hydrogen-bond donors (Lipinski definition) is 3. The Balaban J connectivity index is 1.96. The molecule has 0 atom stereocenters. The first-order chi connectivity index (χ1) is 14.4. The van der Waals surface area contributed by atoms with Gasteiger partial charge < -0.3 is 10.4 Å². The van der Waals surface area contributed by atoms with Gasteiger partial charge in [-0.2, -0.15) is 0 Å². The summed E-state index contributed by atoms with van der Waals surface area (Å²) in [7, 11) is -4.87. The summed E-state index contributed by atoms with van der Waals surface area (Å²) in [5, 5.41) is 12.9. The third kappa shape index (κ3) is 4.48. The molecule has 1 heterocycles. The quantitative estimate of drug-likeness (QED) is 0.188. The Hall–Kier alpha value is -2.76. The molecule has 6 nitrogen and oxygen atoms in total. The van der Waals surface area contributed by atoms with Crippen molar-refractivity contribution in [2.45, 2.75) is 11.8 Å². The zero-order chi connectivity index (χ0) is 23.1. The Morgan fingerprint density at radius 2 is 1.48 bits per heavy atom. The molecule has 0 aliphatic carbocycles. The number of aromatic nitrogens is 1. The maximum absolute atomic E-state index is 14.1. The number of nitrogens with zero attached hydrogens (tertiary/aromatic N) is 1. The SMILES string of the molecule is Cc1c(F)c(F)c(F)c(F)c1S(=O)(=O)Nc1cncc(Nc2cc(Cl)c(Cl)cc2O)c1. The number of nitrogens with one attached hydrogen (secondary N) is 2. The van der Waals surface area contributed by atoms with Gasteiger partial charge in [-0.15, -0.1) is 0 Å². The van der Waals surface area contributed by atoms with E-state index in [1.165, 1.54) is 24.4 Å². The van der Waals surface area contributed by atoms with E-state index in [0.717, 1.165) is 13.1 Å². The molecule has 0 saturated carbocycles. The molecule has 0 unspecified atom stereocenters. The summed E-state index contributed by atoms with van der Waals surface area (Å²) >= 11 is 11.7. The molecule has 1 aromatic heterocycles. The number of pyridine rings is 1. The molecule has 2 aromatic carbocycles. The Morgan fingerprint density at radius 1 is 0.903 bits per heavy atom. The van der Waals surface area contributed by atoms with Gasteiger partial charge in [0.05, 0.1) is 39.5 Å². The lowest BCUT2D eigenvalue weighted by Gasteiger charge is -2.14. The van der Waals surface area contributed by atoms with Crippen LogP contribution in [0.15, 0.2) is 35.5 Å². The summed E-state index contributed by atoms with van der Waals surface area (Å²) < 4.78 is 81.8. The van der Waals surface area contributed by atoms with Crippen LogP contribution in [0.5, 0.6) is 5.75 Å². The second kappa shape index (κ2) is 8.40. The topological polar surface area (TPSA) is 91.3 Å². The number of halogens is 6. The van der Waals surface area contributed by atoms with E-state index in [4.69, 9.17) is 23.2 Å². The number of benzene rings is 2. The minimum atomic E-state index is -4.87. The summed E-state index contributed by atoms with van der Waals surface area (Å²) in [5.74, 6) is -8.54. The molecule has 0 amide bonds. The lowest BCUT2D eigenvalue weighted by atomic mass is 10.2.